The van der Waals surface area contributed by atoms with Gasteiger partial charge in [-0.15, -0.1) is 0 Å². The van der Waals surface area contributed by atoms with Gasteiger partial charge in [-0.1, -0.05) is 0 Å². The Morgan fingerprint density at radius 2 is 1.60 bits per heavy atom. The zero-order valence-electron chi connectivity index (χ0n) is 6.90. The summed E-state index contributed by atoms with van der Waals surface area (Å²) < 4.78 is 62.0. The lowest BCUT2D eigenvalue weighted by molar-refractivity contribution is -0.140. The summed E-state index contributed by atoms with van der Waals surface area (Å²) in [5.74, 6) is -5.61. The Kier molecular flexibility index (Phi) is 2.65. The number of hydrogen-bond donors (Lipinski definition) is 1. The topological polar surface area (TPSA) is 37.3 Å². The number of aromatic carboxylic acids is 1. The first-order valence-corrected chi connectivity index (χ1v) is 3.53. The lowest BCUT2D eigenvalue weighted by Crippen LogP contribution is -2.17. The summed E-state index contributed by atoms with van der Waals surface area (Å²) >= 11 is 0. The maximum absolute atomic E-state index is 12.8. The van der Waals surface area contributed by atoms with E-state index in [4.69, 9.17) is 5.11 Å². The summed E-state index contributed by atoms with van der Waals surface area (Å²) in [4.78, 5) is 10.3. The number of carboxylic acid groups (broad SMARTS) is 1. The zero-order valence-corrected chi connectivity index (χ0v) is 6.90. The van der Waals surface area contributed by atoms with Crippen molar-refractivity contribution >= 4 is 5.97 Å². The van der Waals surface area contributed by atoms with Crippen molar-refractivity contribution in [2.75, 3.05) is 0 Å². The van der Waals surface area contributed by atoms with Gasteiger partial charge in [-0.3, -0.25) is 0 Å². The molecule has 0 aliphatic rings. The standard InChI is InChI=1S/C8H3F5O2/c9-3-1-2-4(10)6(8(11,12)13)5(3)7(14)15/h1-2H,(H,14,15). The van der Waals surface area contributed by atoms with Gasteiger partial charge in [-0.25, -0.2) is 13.6 Å². The van der Waals surface area contributed by atoms with E-state index in [9.17, 15) is 26.7 Å². The van der Waals surface area contributed by atoms with Crippen molar-refractivity contribution in [1.29, 1.82) is 0 Å². The molecule has 1 aromatic carbocycles. The molecule has 0 saturated carbocycles. The van der Waals surface area contributed by atoms with Crippen molar-refractivity contribution in [3.63, 3.8) is 0 Å². The van der Waals surface area contributed by atoms with E-state index in [-0.39, 0.29) is 6.07 Å². The molecule has 0 aliphatic carbocycles. The van der Waals surface area contributed by atoms with Gasteiger partial charge in [0.25, 0.3) is 0 Å². The quantitative estimate of drug-likeness (QED) is 0.747. The number of benzene rings is 1. The van der Waals surface area contributed by atoms with Gasteiger partial charge in [-0.2, -0.15) is 13.2 Å². The molecular weight excluding hydrogens is 223 g/mol. The van der Waals surface area contributed by atoms with E-state index in [1.807, 2.05) is 0 Å². The molecule has 82 valence electrons. The number of carbonyl (C=O) groups is 1. The molecule has 0 bridgehead atoms. The van der Waals surface area contributed by atoms with Gasteiger partial charge in [0.05, 0.1) is 0 Å². The Balaban J connectivity index is 3.60. The van der Waals surface area contributed by atoms with E-state index in [0.717, 1.165) is 0 Å². The number of rotatable bonds is 1. The van der Waals surface area contributed by atoms with Gasteiger partial charge in [0, 0.05) is 0 Å². The minimum absolute atomic E-state index is 0.227. The molecule has 0 aromatic heterocycles. The fourth-order valence-electron chi connectivity index (χ4n) is 1.04. The van der Waals surface area contributed by atoms with E-state index in [0.29, 0.717) is 6.07 Å². The molecule has 0 unspecified atom stereocenters. The Morgan fingerprint density at radius 1 is 1.13 bits per heavy atom. The first kappa shape index (κ1) is 11.4. The molecular formula is C8H3F5O2. The Bertz CT molecular complexity index is 410. The van der Waals surface area contributed by atoms with Crippen LogP contribution in [-0.4, -0.2) is 11.1 Å². The van der Waals surface area contributed by atoms with Gasteiger partial charge >= 0.3 is 12.1 Å². The normalized spacial score (nSPS) is 11.5. The third kappa shape index (κ3) is 2.05. The highest BCUT2D eigenvalue weighted by molar-refractivity contribution is 5.90. The van der Waals surface area contributed by atoms with E-state index in [1.54, 1.807) is 0 Å². The van der Waals surface area contributed by atoms with Crippen molar-refractivity contribution in [2.45, 2.75) is 6.18 Å². The molecule has 0 atom stereocenters. The summed E-state index contributed by atoms with van der Waals surface area (Å²) in [7, 11) is 0. The maximum atomic E-state index is 12.8. The first-order valence-electron chi connectivity index (χ1n) is 3.53. The van der Waals surface area contributed by atoms with Crippen LogP contribution in [0.5, 0.6) is 0 Å². The lowest BCUT2D eigenvalue weighted by atomic mass is 10.1. The van der Waals surface area contributed by atoms with Crippen LogP contribution in [-0.2, 0) is 6.18 Å². The van der Waals surface area contributed by atoms with Crippen LogP contribution in [0.25, 0.3) is 0 Å². The van der Waals surface area contributed by atoms with Gasteiger partial charge in [0.15, 0.2) is 0 Å². The van der Waals surface area contributed by atoms with Crippen LogP contribution in [0.15, 0.2) is 12.1 Å². The second kappa shape index (κ2) is 3.48. The molecule has 0 spiro atoms. The predicted octanol–water partition coefficient (Wildman–Crippen LogP) is 2.68. The van der Waals surface area contributed by atoms with Crippen molar-refractivity contribution in [3.05, 3.63) is 34.9 Å². The number of carboxylic acids is 1. The average molecular weight is 226 g/mol. The average Bonchev–Trinajstić information content (AvgIpc) is 2.05. The van der Waals surface area contributed by atoms with Gasteiger partial charge in [0.1, 0.15) is 22.8 Å². The zero-order chi connectivity index (χ0) is 11.8. The van der Waals surface area contributed by atoms with Crippen LogP contribution in [0.1, 0.15) is 15.9 Å². The molecule has 1 N–H and O–H groups in total. The van der Waals surface area contributed by atoms with E-state index >= 15 is 0 Å². The SMILES string of the molecule is O=C(O)c1c(F)ccc(F)c1C(F)(F)F. The largest absolute Gasteiger partial charge is 0.478 e. The van der Waals surface area contributed by atoms with Crippen LogP contribution >= 0.6 is 0 Å². The van der Waals surface area contributed by atoms with Gasteiger partial charge in [-0.05, 0) is 12.1 Å². The van der Waals surface area contributed by atoms with Crippen LogP contribution in [0, 0.1) is 11.6 Å². The number of hydrogen-bond acceptors (Lipinski definition) is 1. The fraction of sp³-hybridized carbons (Fsp3) is 0.125. The minimum atomic E-state index is -5.25. The predicted molar refractivity (Wildman–Crippen MR) is 38.3 cm³/mol. The van der Waals surface area contributed by atoms with Crippen molar-refractivity contribution < 1.29 is 31.9 Å². The van der Waals surface area contributed by atoms with E-state index < -0.39 is 34.9 Å². The number of alkyl halides is 3. The minimum Gasteiger partial charge on any atom is -0.478 e. The second-order valence-corrected chi connectivity index (χ2v) is 2.58. The molecule has 7 heteroatoms. The van der Waals surface area contributed by atoms with Crippen LogP contribution in [0.4, 0.5) is 22.0 Å². The summed E-state index contributed by atoms with van der Waals surface area (Å²) in [5, 5.41) is 8.33. The molecule has 2 nitrogen and oxygen atoms in total. The summed E-state index contributed by atoms with van der Waals surface area (Å²) in [6, 6.07) is 0.554. The van der Waals surface area contributed by atoms with Gasteiger partial charge in [0.2, 0.25) is 0 Å². The van der Waals surface area contributed by atoms with Crippen molar-refractivity contribution in [2.24, 2.45) is 0 Å². The second-order valence-electron chi connectivity index (χ2n) is 2.58. The molecule has 0 aliphatic heterocycles. The lowest BCUT2D eigenvalue weighted by Gasteiger charge is -2.11. The Labute approximate surface area is 79.9 Å². The van der Waals surface area contributed by atoms with Gasteiger partial charge < -0.3 is 5.11 Å². The highest BCUT2D eigenvalue weighted by Gasteiger charge is 2.40. The van der Waals surface area contributed by atoms with E-state index in [1.165, 1.54) is 0 Å². The van der Waals surface area contributed by atoms with Crippen LogP contribution in [0.3, 0.4) is 0 Å². The highest BCUT2D eigenvalue weighted by atomic mass is 19.4. The van der Waals surface area contributed by atoms with Crippen LogP contribution in [0.2, 0.25) is 0 Å². The summed E-state index contributed by atoms with van der Waals surface area (Å²) in [5.41, 5.74) is -3.81. The third-order valence-electron chi connectivity index (χ3n) is 1.60. The molecule has 0 radical (unpaired) electrons. The van der Waals surface area contributed by atoms with Crippen LogP contribution < -0.4 is 0 Å². The smallest absolute Gasteiger partial charge is 0.420 e. The molecule has 1 aromatic rings. The molecule has 0 fully saturated rings. The molecule has 0 saturated heterocycles. The fourth-order valence-corrected chi connectivity index (χ4v) is 1.04. The number of halogens is 5. The summed E-state index contributed by atoms with van der Waals surface area (Å²) in [6.07, 6.45) is -5.25. The first-order chi connectivity index (χ1) is 6.75. The molecule has 0 amide bonds. The third-order valence-corrected chi connectivity index (χ3v) is 1.60. The summed E-state index contributed by atoms with van der Waals surface area (Å²) in [6.45, 7) is 0. The Morgan fingerprint density at radius 3 is 1.93 bits per heavy atom. The Hall–Kier alpha value is -1.66. The van der Waals surface area contributed by atoms with E-state index in [2.05, 4.69) is 0 Å². The molecule has 1 rings (SSSR count). The van der Waals surface area contributed by atoms with Crippen molar-refractivity contribution in [3.8, 4) is 0 Å². The maximum Gasteiger partial charge on any atom is 0.420 e. The molecule has 15 heavy (non-hydrogen) atoms. The van der Waals surface area contributed by atoms with Crippen molar-refractivity contribution in [1.82, 2.24) is 0 Å². The highest BCUT2D eigenvalue weighted by Crippen LogP contribution is 2.35. The molecule has 0 heterocycles. The monoisotopic (exact) mass is 226 g/mol.